The topological polar surface area (TPSA) is 78.5 Å². The molecule has 2 aromatic carbocycles. The highest BCUT2D eigenvalue weighted by Crippen LogP contribution is 2.15. The fourth-order valence-corrected chi connectivity index (χ4v) is 5.03. The third kappa shape index (κ3) is 7.88. The number of amides is 1. The highest BCUT2D eigenvalue weighted by molar-refractivity contribution is 7.98. The van der Waals surface area contributed by atoms with Crippen molar-refractivity contribution in [1.82, 2.24) is 14.9 Å². The second-order valence-electron chi connectivity index (χ2n) is 7.38. The van der Waals surface area contributed by atoms with Gasteiger partial charge in [0.15, 0.2) is 0 Å². The maximum Gasteiger partial charge on any atom is 0.244 e. The van der Waals surface area contributed by atoms with Gasteiger partial charge in [-0.3, -0.25) is 9.69 Å². The molecule has 0 radical (unpaired) electrons. The third-order valence-electron chi connectivity index (χ3n) is 5.11. The second-order valence-corrected chi connectivity index (χ2v) is 10.1. The smallest absolute Gasteiger partial charge is 0.244 e. The molecular formula is C23H32FN3O3S2. The van der Waals surface area contributed by atoms with Crippen LogP contribution in [0.5, 0.6) is 0 Å². The first-order chi connectivity index (χ1) is 15.3. The summed E-state index contributed by atoms with van der Waals surface area (Å²) in [6, 6.07) is 12.1. The molecule has 0 aliphatic carbocycles. The zero-order valence-corrected chi connectivity index (χ0v) is 20.4. The molecular weight excluding hydrogens is 449 g/mol. The van der Waals surface area contributed by atoms with Crippen molar-refractivity contribution in [2.24, 2.45) is 0 Å². The molecule has 1 amide bonds. The van der Waals surface area contributed by atoms with Crippen LogP contribution in [0.25, 0.3) is 0 Å². The van der Waals surface area contributed by atoms with Crippen LogP contribution in [0.4, 0.5) is 4.39 Å². The fraction of sp³-hybridized carbons (Fsp3) is 0.435. The molecule has 2 N–H and O–H groups in total. The Labute approximate surface area is 195 Å². The molecule has 2 rings (SSSR count). The van der Waals surface area contributed by atoms with Crippen LogP contribution in [0, 0.1) is 5.82 Å². The zero-order chi connectivity index (χ0) is 23.6. The summed E-state index contributed by atoms with van der Waals surface area (Å²) in [6.07, 6.45) is 2.17. The summed E-state index contributed by atoms with van der Waals surface area (Å²) >= 11 is 1.51. The van der Waals surface area contributed by atoms with Gasteiger partial charge in [-0.05, 0) is 54.8 Å². The molecule has 9 heteroatoms. The molecule has 0 aliphatic rings. The van der Waals surface area contributed by atoms with Crippen LogP contribution in [0.2, 0.25) is 0 Å². The first-order valence-electron chi connectivity index (χ1n) is 10.6. The quantitative estimate of drug-likeness (QED) is 0.459. The first kappa shape index (κ1) is 26.3. The summed E-state index contributed by atoms with van der Waals surface area (Å²) in [5.74, 6) is -0.709. The Hall–Kier alpha value is -1.94. The molecule has 176 valence electrons. The predicted octanol–water partition coefficient (Wildman–Crippen LogP) is 3.38. The van der Waals surface area contributed by atoms with Crippen molar-refractivity contribution in [3.05, 3.63) is 65.5 Å². The molecule has 0 heterocycles. The Bertz CT molecular complexity index is 982. The molecule has 1 atom stereocenters. The van der Waals surface area contributed by atoms with Gasteiger partial charge in [-0.15, -0.1) is 0 Å². The van der Waals surface area contributed by atoms with Crippen LogP contribution in [-0.4, -0.2) is 50.4 Å². The van der Waals surface area contributed by atoms with Crippen molar-refractivity contribution in [1.29, 1.82) is 0 Å². The van der Waals surface area contributed by atoms with E-state index in [1.807, 2.05) is 30.5 Å². The Morgan fingerprint density at radius 3 is 2.44 bits per heavy atom. The number of hydrogen-bond donors (Lipinski definition) is 2. The highest BCUT2D eigenvalue weighted by Gasteiger charge is 2.27. The van der Waals surface area contributed by atoms with E-state index in [4.69, 9.17) is 0 Å². The van der Waals surface area contributed by atoms with Crippen molar-refractivity contribution in [3.63, 3.8) is 0 Å². The summed E-state index contributed by atoms with van der Waals surface area (Å²) in [7, 11) is -4.18. The van der Waals surface area contributed by atoms with Crippen LogP contribution in [0.3, 0.4) is 0 Å². The highest BCUT2D eigenvalue weighted by atomic mass is 32.2. The number of nitrogens with zero attached hydrogens (tertiary/aromatic N) is 1. The van der Waals surface area contributed by atoms with E-state index in [1.54, 1.807) is 0 Å². The van der Waals surface area contributed by atoms with Crippen molar-refractivity contribution >= 4 is 27.7 Å². The van der Waals surface area contributed by atoms with E-state index in [0.29, 0.717) is 12.2 Å². The number of carbonyl (C=O) groups excluding carboxylic acids is 1. The predicted molar refractivity (Wildman–Crippen MR) is 128 cm³/mol. The van der Waals surface area contributed by atoms with Gasteiger partial charge in [0, 0.05) is 13.1 Å². The second kappa shape index (κ2) is 12.9. The van der Waals surface area contributed by atoms with E-state index in [9.17, 15) is 17.6 Å². The van der Waals surface area contributed by atoms with Crippen molar-refractivity contribution < 1.29 is 17.6 Å². The van der Waals surface area contributed by atoms with E-state index in [0.717, 1.165) is 36.8 Å². The third-order valence-corrected chi connectivity index (χ3v) is 7.26. The normalized spacial score (nSPS) is 12.7. The summed E-state index contributed by atoms with van der Waals surface area (Å²) in [5.41, 5.74) is 2.09. The molecule has 0 spiro atoms. The standard InChI is InChI=1S/C23H32FN3O3S2/c1-4-27(5-2)17-19-10-8-9-18(15-19)16-25-23(28)21(13-14-31-3)26-32(29,30)22-12-7-6-11-20(22)24/h6-12,15,21,26H,4-5,13-14,16-17H2,1-3H3,(H,25,28). The summed E-state index contributed by atoms with van der Waals surface area (Å²) < 4.78 is 41.7. The Balaban J connectivity index is 2.08. The molecule has 0 aromatic heterocycles. The molecule has 1 unspecified atom stereocenters. The molecule has 0 aliphatic heterocycles. The monoisotopic (exact) mass is 481 g/mol. The SMILES string of the molecule is CCN(CC)Cc1cccc(CNC(=O)C(CCSC)NS(=O)(=O)c2ccccc2F)c1. The van der Waals surface area contributed by atoms with E-state index in [2.05, 4.69) is 28.8 Å². The maximum absolute atomic E-state index is 14.0. The minimum atomic E-state index is -4.18. The number of benzene rings is 2. The summed E-state index contributed by atoms with van der Waals surface area (Å²) in [5, 5.41) is 2.82. The Morgan fingerprint density at radius 1 is 1.09 bits per heavy atom. The van der Waals surface area contributed by atoms with Gasteiger partial charge in [0.1, 0.15) is 16.8 Å². The number of nitrogens with one attached hydrogen (secondary N) is 2. The number of rotatable bonds is 13. The van der Waals surface area contributed by atoms with Gasteiger partial charge in [0.25, 0.3) is 0 Å². The minimum Gasteiger partial charge on any atom is -0.351 e. The van der Waals surface area contributed by atoms with Crippen LogP contribution >= 0.6 is 11.8 Å². The van der Waals surface area contributed by atoms with Crippen molar-refractivity contribution in [2.75, 3.05) is 25.1 Å². The number of hydrogen-bond acceptors (Lipinski definition) is 5. The van der Waals surface area contributed by atoms with Crippen LogP contribution < -0.4 is 10.0 Å². The number of carbonyl (C=O) groups is 1. The largest absolute Gasteiger partial charge is 0.351 e. The zero-order valence-electron chi connectivity index (χ0n) is 18.8. The van der Waals surface area contributed by atoms with E-state index in [1.165, 1.54) is 30.0 Å². The van der Waals surface area contributed by atoms with Gasteiger partial charge in [-0.25, -0.2) is 12.8 Å². The lowest BCUT2D eigenvalue weighted by Crippen LogP contribution is -2.46. The number of thioether (sulfide) groups is 1. The van der Waals surface area contributed by atoms with Gasteiger partial charge in [-0.2, -0.15) is 16.5 Å². The van der Waals surface area contributed by atoms with Crippen LogP contribution in [0.1, 0.15) is 31.4 Å². The Kier molecular flexibility index (Phi) is 10.6. The van der Waals surface area contributed by atoms with Crippen LogP contribution in [-0.2, 0) is 27.9 Å². The number of sulfonamides is 1. The Morgan fingerprint density at radius 2 is 1.78 bits per heavy atom. The fourth-order valence-electron chi connectivity index (χ4n) is 3.25. The number of halogens is 1. The van der Waals surface area contributed by atoms with E-state index >= 15 is 0 Å². The van der Waals surface area contributed by atoms with Gasteiger partial charge < -0.3 is 5.32 Å². The summed E-state index contributed by atoms with van der Waals surface area (Å²) in [4.78, 5) is 14.7. The van der Waals surface area contributed by atoms with Crippen molar-refractivity contribution in [2.45, 2.75) is 44.3 Å². The molecule has 0 fully saturated rings. The molecule has 32 heavy (non-hydrogen) atoms. The van der Waals surface area contributed by atoms with Crippen LogP contribution in [0.15, 0.2) is 53.4 Å². The lowest BCUT2D eigenvalue weighted by molar-refractivity contribution is -0.122. The van der Waals surface area contributed by atoms with E-state index < -0.39 is 32.7 Å². The van der Waals surface area contributed by atoms with Gasteiger partial charge in [0.2, 0.25) is 15.9 Å². The molecule has 0 bridgehead atoms. The van der Waals surface area contributed by atoms with Gasteiger partial charge >= 0.3 is 0 Å². The average Bonchev–Trinajstić information content (AvgIpc) is 2.79. The van der Waals surface area contributed by atoms with Crippen molar-refractivity contribution in [3.8, 4) is 0 Å². The summed E-state index contributed by atoms with van der Waals surface area (Å²) in [6.45, 7) is 7.25. The maximum atomic E-state index is 14.0. The molecule has 0 saturated carbocycles. The average molecular weight is 482 g/mol. The molecule has 2 aromatic rings. The lowest BCUT2D eigenvalue weighted by Gasteiger charge is -2.20. The van der Waals surface area contributed by atoms with E-state index in [-0.39, 0.29) is 6.54 Å². The van der Waals surface area contributed by atoms with Gasteiger partial charge in [0.05, 0.1) is 0 Å². The first-order valence-corrected chi connectivity index (χ1v) is 13.5. The molecule has 6 nitrogen and oxygen atoms in total. The lowest BCUT2D eigenvalue weighted by atomic mass is 10.1. The molecule has 0 saturated heterocycles. The minimum absolute atomic E-state index is 0.280. The van der Waals surface area contributed by atoms with Gasteiger partial charge in [-0.1, -0.05) is 50.2 Å².